The first-order valence-electron chi connectivity index (χ1n) is 5.33. The lowest BCUT2D eigenvalue weighted by molar-refractivity contribution is -0.128. The first kappa shape index (κ1) is 13.8. The van der Waals surface area contributed by atoms with Gasteiger partial charge in [-0.05, 0) is 18.3 Å². The van der Waals surface area contributed by atoms with Crippen LogP contribution in [0.25, 0.3) is 0 Å². The van der Waals surface area contributed by atoms with Crippen molar-refractivity contribution in [1.29, 1.82) is 0 Å². The van der Waals surface area contributed by atoms with Crippen LogP contribution in [0, 0.1) is 16.7 Å². The third-order valence-corrected chi connectivity index (χ3v) is 6.77. The molecule has 2 aliphatic carbocycles. The fourth-order valence-electron chi connectivity index (χ4n) is 3.56. The van der Waals surface area contributed by atoms with E-state index in [1.165, 1.54) is 0 Å². The molecule has 0 amide bonds. The molecule has 2 saturated carbocycles. The summed E-state index contributed by atoms with van der Waals surface area (Å²) in [6.07, 6.45) is 1.15. The van der Waals surface area contributed by atoms with Gasteiger partial charge in [-0.2, -0.15) is 8.42 Å². The van der Waals surface area contributed by atoms with Crippen LogP contribution in [0.3, 0.4) is 0 Å². The molecule has 4 nitrogen and oxygen atoms in total. The molecule has 0 aromatic heterocycles. The highest BCUT2D eigenvalue weighted by atomic mass is 79.9. The molecule has 2 fully saturated rings. The van der Waals surface area contributed by atoms with E-state index in [1.807, 2.05) is 13.8 Å². The van der Waals surface area contributed by atoms with Gasteiger partial charge in [-0.3, -0.25) is 9.35 Å². The van der Waals surface area contributed by atoms with Gasteiger partial charge in [-0.15, -0.1) is 0 Å². The first-order valence-corrected chi connectivity index (χ1v) is 8.11. The fraction of sp³-hybridized carbons (Fsp3) is 0.900. The summed E-state index contributed by atoms with van der Waals surface area (Å²) >= 11 is 9.43. The van der Waals surface area contributed by atoms with Gasteiger partial charge in [0.25, 0.3) is 10.1 Å². The van der Waals surface area contributed by atoms with E-state index >= 15 is 0 Å². The quantitative estimate of drug-likeness (QED) is 0.615. The number of rotatable bonds is 2. The van der Waals surface area contributed by atoms with Crippen molar-refractivity contribution < 1.29 is 17.8 Å². The van der Waals surface area contributed by atoms with E-state index in [4.69, 9.17) is 16.2 Å². The average Bonchev–Trinajstić information content (AvgIpc) is 2.38. The Morgan fingerprint density at radius 1 is 1.53 bits per heavy atom. The van der Waals surface area contributed by atoms with Crippen LogP contribution in [0.2, 0.25) is 0 Å². The van der Waals surface area contributed by atoms with Gasteiger partial charge < -0.3 is 0 Å². The van der Waals surface area contributed by atoms with E-state index in [9.17, 15) is 13.2 Å². The van der Waals surface area contributed by atoms with Crippen LogP contribution in [0.1, 0.15) is 26.7 Å². The Morgan fingerprint density at radius 2 is 2.06 bits per heavy atom. The second-order valence-electron chi connectivity index (χ2n) is 5.57. The van der Waals surface area contributed by atoms with Crippen LogP contribution in [0.4, 0.5) is 0 Å². The van der Waals surface area contributed by atoms with Crippen LogP contribution in [-0.2, 0) is 14.9 Å². The molecular formula is C10H14BrClO4S. The van der Waals surface area contributed by atoms with Crippen molar-refractivity contribution in [2.75, 3.05) is 5.75 Å². The summed E-state index contributed by atoms with van der Waals surface area (Å²) in [4.78, 5) is 12.3. The van der Waals surface area contributed by atoms with Crippen LogP contribution in [-0.4, -0.2) is 28.3 Å². The van der Waals surface area contributed by atoms with Gasteiger partial charge in [-0.1, -0.05) is 41.4 Å². The van der Waals surface area contributed by atoms with E-state index in [2.05, 4.69) is 15.9 Å². The number of Topliss-reactive ketones (excluding diaryl/α,β-unsaturated/α-hetero) is 1. The summed E-state index contributed by atoms with van der Waals surface area (Å²) in [6.45, 7) is 3.69. The second-order valence-corrected chi connectivity index (χ2v) is 9.33. The molecule has 0 aromatic carbocycles. The molecule has 98 valence electrons. The molecule has 0 spiro atoms. The lowest BCUT2D eigenvalue weighted by atomic mass is 9.70. The molecule has 0 aromatic rings. The topological polar surface area (TPSA) is 71.4 Å². The summed E-state index contributed by atoms with van der Waals surface area (Å²) in [6, 6.07) is 0. The normalized spacial score (nSPS) is 44.3. The number of carbonyl (C=O) groups excluding carboxylic acids is 1. The number of hydrogen-bond acceptors (Lipinski definition) is 3. The highest BCUT2D eigenvalue weighted by molar-refractivity contribution is 9.10. The number of alkyl halides is 2. The van der Waals surface area contributed by atoms with Crippen molar-refractivity contribution in [3.8, 4) is 0 Å². The number of ketones is 1. The Kier molecular flexibility index (Phi) is 2.81. The summed E-state index contributed by atoms with van der Waals surface area (Å²) < 4.78 is 30.2. The van der Waals surface area contributed by atoms with Gasteiger partial charge in [0.15, 0.2) is 9.57 Å². The number of fused-ring (bicyclic) bond motifs is 2. The smallest absolute Gasteiger partial charge is 0.265 e. The monoisotopic (exact) mass is 344 g/mol. The predicted octanol–water partition coefficient (Wildman–Crippen LogP) is 2.21. The summed E-state index contributed by atoms with van der Waals surface area (Å²) in [7, 11) is -4.21. The van der Waals surface area contributed by atoms with E-state index in [1.54, 1.807) is 0 Å². The Hall–Kier alpha value is 0.350. The number of halogens is 2. The van der Waals surface area contributed by atoms with Gasteiger partial charge in [0, 0.05) is 5.92 Å². The number of carbonyl (C=O) groups is 1. The maximum Gasteiger partial charge on any atom is 0.265 e. The molecule has 3 atom stereocenters. The van der Waals surface area contributed by atoms with Crippen molar-refractivity contribution in [3.05, 3.63) is 0 Å². The fourth-order valence-corrected chi connectivity index (χ4v) is 6.57. The van der Waals surface area contributed by atoms with E-state index in [0.29, 0.717) is 12.8 Å². The lowest BCUT2D eigenvalue weighted by Crippen LogP contribution is -2.44. The summed E-state index contributed by atoms with van der Waals surface area (Å²) in [5, 5.41) is 0. The Labute approximate surface area is 114 Å². The molecule has 3 unspecified atom stereocenters. The molecule has 0 saturated heterocycles. The molecule has 2 aliphatic rings. The number of hydrogen-bond donors (Lipinski definition) is 1. The Balaban J connectivity index is 2.57. The van der Waals surface area contributed by atoms with E-state index < -0.39 is 30.5 Å². The van der Waals surface area contributed by atoms with Crippen LogP contribution >= 0.6 is 27.5 Å². The van der Waals surface area contributed by atoms with Crippen molar-refractivity contribution in [2.24, 2.45) is 16.7 Å². The zero-order valence-electron chi connectivity index (χ0n) is 9.53. The maximum atomic E-state index is 12.3. The minimum absolute atomic E-state index is 0.120. The standard InChI is InChI=1S/C10H14BrClO4S/c1-8(2)6-3-4-9(8,5-17(14,15)16)7(13)10(6,11)12/h6H,3-5H2,1-2H3,(H,14,15,16). The minimum Gasteiger partial charge on any atom is -0.296 e. The molecule has 0 heterocycles. The molecule has 0 radical (unpaired) electrons. The summed E-state index contributed by atoms with van der Waals surface area (Å²) in [5.74, 6) is -0.973. The third kappa shape index (κ3) is 1.64. The van der Waals surface area contributed by atoms with Gasteiger partial charge in [0.1, 0.15) is 0 Å². The van der Waals surface area contributed by atoms with Crippen molar-refractivity contribution >= 4 is 43.4 Å². The van der Waals surface area contributed by atoms with E-state index in [-0.39, 0.29) is 11.7 Å². The van der Waals surface area contributed by atoms with Crippen molar-refractivity contribution in [2.45, 2.75) is 30.5 Å². The SMILES string of the molecule is CC1(C)C2CCC1(CS(=O)(=O)O)C(=O)C2(Cl)Br. The van der Waals surface area contributed by atoms with Crippen molar-refractivity contribution in [1.82, 2.24) is 0 Å². The highest BCUT2D eigenvalue weighted by Gasteiger charge is 2.74. The highest BCUT2D eigenvalue weighted by Crippen LogP contribution is 2.70. The van der Waals surface area contributed by atoms with Crippen LogP contribution in [0.15, 0.2) is 0 Å². The molecule has 1 N–H and O–H groups in total. The second kappa shape index (κ2) is 3.46. The zero-order chi connectivity index (χ0) is 13.3. The molecular weight excluding hydrogens is 332 g/mol. The lowest BCUT2D eigenvalue weighted by Gasteiger charge is -2.34. The van der Waals surface area contributed by atoms with Gasteiger partial charge in [-0.25, -0.2) is 0 Å². The van der Waals surface area contributed by atoms with Gasteiger partial charge >= 0.3 is 0 Å². The Bertz CT molecular complexity index is 485. The van der Waals surface area contributed by atoms with Gasteiger partial charge in [0.05, 0.1) is 11.2 Å². The van der Waals surface area contributed by atoms with Crippen molar-refractivity contribution in [3.63, 3.8) is 0 Å². The summed E-state index contributed by atoms with van der Waals surface area (Å²) in [5.41, 5.74) is -1.61. The third-order valence-electron chi connectivity index (χ3n) is 4.57. The molecule has 7 heteroatoms. The zero-order valence-corrected chi connectivity index (χ0v) is 12.7. The Morgan fingerprint density at radius 3 is 2.41 bits per heavy atom. The van der Waals surface area contributed by atoms with E-state index in [0.717, 1.165) is 0 Å². The molecule has 2 rings (SSSR count). The van der Waals surface area contributed by atoms with Crippen LogP contribution in [0.5, 0.6) is 0 Å². The average molecular weight is 346 g/mol. The van der Waals surface area contributed by atoms with Crippen LogP contribution < -0.4 is 0 Å². The molecule has 0 aliphatic heterocycles. The molecule has 2 bridgehead atoms. The van der Waals surface area contributed by atoms with Gasteiger partial charge in [0.2, 0.25) is 0 Å². The molecule has 17 heavy (non-hydrogen) atoms. The predicted molar refractivity (Wildman–Crippen MR) is 67.9 cm³/mol. The first-order chi connectivity index (χ1) is 7.45. The minimum atomic E-state index is -4.21. The largest absolute Gasteiger partial charge is 0.296 e. The maximum absolute atomic E-state index is 12.3.